The van der Waals surface area contributed by atoms with Gasteiger partial charge in [0.15, 0.2) is 5.65 Å². The van der Waals surface area contributed by atoms with Crippen LogP contribution in [0, 0.1) is 6.92 Å². The van der Waals surface area contributed by atoms with E-state index in [1.807, 2.05) is 24.3 Å². The number of fused-ring (bicyclic) bond motifs is 3. The second-order valence-corrected chi connectivity index (χ2v) is 3.83. The Balaban J connectivity index is 2.61. The Labute approximate surface area is 101 Å². The van der Waals surface area contributed by atoms with Crippen molar-refractivity contribution in [1.82, 2.24) is 19.6 Å². The Hall–Kier alpha value is -2.54. The van der Waals surface area contributed by atoms with E-state index in [4.69, 9.17) is 5.84 Å². The van der Waals surface area contributed by atoms with Crippen molar-refractivity contribution >= 4 is 22.5 Å². The molecule has 0 aliphatic rings. The van der Waals surface area contributed by atoms with Crippen molar-refractivity contribution in [3.8, 4) is 0 Å². The predicted octanol–water partition coefficient (Wildman–Crippen LogP) is 0.232. The van der Waals surface area contributed by atoms with Crippen LogP contribution in [0.1, 0.15) is 5.69 Å². The maximum absolute atomic E-state index is 11.6. The molecule has 0 aliphatic carbocycles. The first kappa shape index (κ1) is 10.6. The number of hydrazine groups is 1. The Bertz CT molecular complexity index is 810. The zero-order valence-electron chi connectivity index (χ0n) is 9.58. The number of nitrogens with two attached hydrogens (primary N) is 1. The minimum Gasteiger partial charge on any atom is -0.292 e. The highest BCUT2D eigenvalue weighted by Crippen LogP contribution is 2.18. The summed E-state index contributed by atoms with van der Waals surface area (Å²) in [4.78, 5) is 20.0. The zero-order valence-corrected chi connectivity index (χ0v) is 9.58. The average Bonchev–Trinajstić information content (AvgIpc) is 2.39. The van der Waals surface area contributed by atoms with Gasteiger partial charge in [-0.2, -0.15) is 14.6 Å². The molecule has 0 fully saturated rings. The largest absolute Gasteiger partial charge is 0.294 e. The van der Waals surface area contributed by atoms with Gasteiger partial charge in [0.25, 0.3) is 5.56 Å². The van der Waals surface area contributed by atoms with E-state index in [0.29, 0.717) is 22.8 Å². The summed E-state index contributed by atoms with van der Waals surface area (Å²) in [5.74, 6) is 5.75. The molecule has 3 aromatic rings. The second-order valence-electron chi connectivity index (χ2n) is 3.83. The molecular weight excluding hydrogens is 232 g/mol. The summed E-state index contributed by atoms with van der Waals surface area (Å²) in [5, 5.41) is 4.88. The molecule has 0 atom stereocenters. The van der Waals surface area contributed by atoms with E-state index in [1.54, 1.807) is 6.92 Å². The first-order valence-electron chi connectivity index (χ1n) is 5.34. The first-order chi connectivity index (χ1) is 8.70. The molecule has 7 nitrogen and oxygen atoms in total. The Morgan fingerprint density at radius 2 is 2.06 bits per heavy atom. The summed E-state index contributed by atoms with van der Waals surface area (Å²) in [5.41, 5.74) is 3.53. The molecule has 0 bridgehead atoms. The lowest BCUT2D eigenvalue weighted by Gasteiger charge is -2.08. The summed E-state index contributed by atoms with van der Waals surface area (Å²) < 4.78 is 1.43. The molecule has 0 unspecified atom stereocenters. The Kier molecular flexibility index (Phi) is 2.20. The van der Waals surface area contributed by atoms with E-state index in [9.17, 15) is 4.79 Å². The van der Waals surface area contributed by atoms with Crippen LogP contribution in [0.15, 0.2) is 29.1 Å². The minimum atomic E-state index is -0.352. The highest BCUT2D eigenvalue weighted by molar-refractivity contribution is 5.91. The molecule has 1 aromatic carbocycles. The molecule has 3 N–H and O–H groups in total. The molecule has 90 valence electrons. The summed E-state index contributed by atoms with van der Waals surface area (Å²) in [6, 6.07) is 7.36. The topological polar surface area (TPSA) is 98.2 Å². The van der Waals surface area contributed by atoms with Crippen LogP contribution >= 0.6 is 0 Å². The normalized spacial score (nSPS) is 11.0. The molecule has 0 aliphatic heterocycles. The number of benzene rings is 1. The van der Waals surface area contributed by atoms with Crippen LogP contribution in [0.5, 0.6) is 0 Å². The van der Waals surface area contributed by atoms with Gasteiger partial charge in [0.05, 0.1) is 5.52 Å². The van der Waals surface area contributed by atoms with Gasteiger partial charge in [-0.1, -0.05) is 12.1 Å². The van der Waals surface area contributed by atoms with E-state index in [-0.39, 0.29) is 5.56 Å². The maximum Gasteiger partial charge on any atom is 0.294 e. The highest BCUT2D eigenvalue weighted by atomic mass is 16.1. The number of anilines is 1. The molecular formula is C11H10N6O. The van der Waals surface area contributed by atoms with Gasteiger partial charge in [-0.25, -0.2) is 10.8 Å². The zero-order chi connectivity index (χ0) is 12.7. The average molecular weight is 242 g/mol. The van der Waals surface area contributed by atoms with E-state index in [0.717, 1.165) is 5.39 Å². The van der Waals surface area contributed by atoms with Crippen molar-refractivity contribution in [2.45, 2.75) is 6.92 Å². The number of rotatable bonds is 1. The van der Waals surface area contributed by atoms with Crippen LogP contribution in [-0.2, 0) is 0 Å². The lowest BCUT2D eigenvalue weighted by molar-refractivity contribution is 0.834. The van der Waals surface area contributed by atoms with Crippen LogP contribution in [0.4, 0.5) is 5.95 Å². The fraction of sp³-hybridized carbons (Fsp3) is 0.0909. The van der Waals surface area contributed by atoms with Gasteiger partial charge in [-0.3, -0.25) is 10.2 Å². The van der Waals surface area contributed by atoms with Crippen molar-refractivity contribution in [1.29, 1.82) is 0 Å². The number of hydrogen-bond donors (Lipinski definition) is 2. The number of para-hydroxylation sites is 1. The summed E-state index contributed by atoms with van der Waals surface area (Å²) >= 11 is 0. The molecule has 0 radical (unpaired) electrons. The Morgan fingerprint density at radius 1 is 1.28 bits per heavy atom. The maximum atomic E-state index is 11.6. The first-order valence-corrected chi connectivity index (χ1v) is 5.34. The van der Waals surface area contributed by atoms with Gasteiger partial charge >= 0.3 is 0 Å². The number of nitrogens with zero attached hydrogens (tertiary/aromatic N) is 4. The summed E-state index contributed by atoms with van der Waals surface area (Å²) in [7, 11) is 0. The fourth-order valence-electron chi connectivity index (χ4n) is 1.80. The van der Waals surface area contributed by atoms with Gasteiger partial charge in [-0.15, -0.1) is 0 Å². The third kappa shape index (κ3) is 1.41. The van der Waals surface area contributed by atoms with Crippen LogP contribution in [0.3, 0.4) is 0 Å². The van der Waals surface area contributed by atoms with Crippen molar-refractivity contribution in [3.63, 3.8) is 0 Å². The van der Waals surface area contributed by atoms with Crippen molar-refractivity contribution in [2.24, 2.45) is 5.84 Å². The molecule has 7 heteroatoms. The van der Waals surface area contributed by atoms with Gasteiger partial charge in [0, 0.05) is 5.39 Å². The number of aryl methyl sites for hydroxylation is 1. The van der Waals surface area contributed by atoms with Crippen molar-refractivity contribution < 1.29 is 0 Å². The smallest absolute Gasteiger partial charge is 0.292 e. The molecule has 0 spiro atoms. The van der Waals surface area contributed by atoms with Crippen LogP contribution in [-0.4, -0.2) is 19.6 Å². The monoisotopic (exact) mass is 242 g/mol. The van der Waals surface area contributed by atoms with Crippen molar-refractivity contribution in [2.75, 3.05) is 5.43 Å². The molecule has 18 heavy (non-hydrogen) atoms. The van der Waals surface area contributed by atoms with Crippen LogP contribution in [0.25, 0.3) is 16.6 Å². The van der Waals surface area contributed by atoms with Gasteiger partial charge in [0.2, 0.25) is 5.95 Å². The number of nitrogen functional groups attached to an aromatic ring is 1. The lowest BCUT2D eigenvalue weighted by Crippen LogP contribution is -2.21. The standard InChI is InChI=1S/C11H10N6O/c1-6-10(18)14-9-7-4-2-3-5-8(7)13-11(15-12)17(9)16-6/h2-5H,12H2,1H3,(H,13,15). The number of aromatic nitrogens is 4. The molecule has 2 heterocycles. The molecule has 0 saturated carbocycles. The van der Waals surface area contributed by atoms with E-state index < -0.39 is 0 Å². The fourth-order valence-corrected chi connectivity index (χ4v) is 1.80. The SMILES string of the molecule is Cc1nn2c(NN)nc3ccccc3c2nc1=O. The van der Waals surface area contributed by atoms with Gasteiger partial charge < -0.3 is 0 Å². The second kappa shape index (κ2) is 3.74. The highest BCUT2D eigenvalue weighted by Gasteiger charge is 2.10. The van der Waals surface area contributed by atoms with E-state index in [2.05, 4.69) is 20.5 Å². The summed E-state index contributed by atoms with van der Waals surface area (Å²) in [6.45, 7) is 1.59. The van der Waals surface area contributed by atoms with Crippen LogP contribution < -0.4 is 16.8 Å². The number of hydrogen-bond acceptors (Lipinski definition) is 6. The van der Waals surface area contributed by atoms with Gasteiger partial charge in [0.1, 0.15) is 5.69 Å². The lowest BCUT2D eigenvalue weighted by atomic mass is 10.2. The molecule has 0 saturated heterocycles. The minimum absolute atomic E-state index is 0.293. The van der Waals surface area contributed by atoms with Gasteiger partial charge in [-0.05, 0) is 19.1 Å². The third-order valence-electron chi connectivity index (χ3n) is 2.67. The quantitative estimate of drug-likeness (QED) is 0.360. The molecule has 0 amide bonds. The summed E-state index contributed by atoms with van der Waals surface area (Å²) in [6.07, 6.45) is 0. The van der Waals surface area contributed by atoms with E-state index in [1.165, 1.54) is 4.52 Å². The van der Waals surface area contributed by atoms with Crippen molar-refractivity contribution in [3.05, 3.63) is 40.3 Å². The number of nitrogens with one attached hydrogen (secondary N) is 1. The Morgan fingerprint density at radius 3 is 2.83 bits per heavy atom. The van der Waals surface area contributed by atoms with Crippen LogP contribution in [0.2, 0.25) is 0 Å². The molecule has 3 rings (SSSR count). The third-order valence-corrected chi connectivity index (χ3v) is 2.67. The van der Waals surface area contributed by atoms with E-state index >= 15 is 0 Å². The predicted molar refractivity (Wildman–Crippen MR) is 67.1 cm³/mol. The molecule has 2 aromatic heterocycles.